The highest BCUT2D eigenvalue weighted by molar-refractivity contribution is 7.85. The highest BCUT2D eigenvalue weighted by atomic mass is 32.2. The molecular weight excluding hydrogens is 489 g/mol. The first kappa shape index (κ1) is 24.4. The van der Waals surface area contributed by atoms with Crippen molar-refractivity contribution in [1.29, 1.82) is 0 Å². The number of carbonyl (C=O) groups excluding carboxylic acids is 1. The van der Waals surface area contributed by atoms with Gasteiger partial charge in [0.15, 0.2) is 11.5 Å². The molecular formula is C24H26F3O7S-. The lowest BCUT2D eigenvalue weighted by Gasteiger charge is -2.45. The van der Waals surface area contributed by atoms with Crippen molar-refractivity contribution >= 4 is 16.1 Å². The molecule has 0 heterocycles. The second kappa shape index (κ2) is 8.40. The summed E-state index contributed by atoms with van der Waals surface area (Å²) < 4.78 is 86.8. The zero-order chi connectivity index (χ0) is 25.2. The summed E-state index contributed by atoms with van der Waals surface area (Å²) in [5, 5.41) is 0. The third-order valence-corrected chi connectivity index (χ3v) is 9.11. The number of esters is 1. The van der Waals surface area contributed by atoms with Crippen LogP contribution in [0.5, 0.6) is 11.5 Å². The summed E-state index contributed by atoms with van der Waals surface area (Å²) in [6.45, 7) is 3.29. The Kier molecular flexibility index (Phi) is 5.86. The predicted octanol–water partition coefficient (Wildman–Crippen LogP) is 4.29. The fourth-order valence-electron chi connectivity index (χ4n) is 7.46. The van der Waals surface area contributed by atoms with Gasteiger partial charge in [-0.3, -0.25) is 0 Å². The van der Waals surface area contributed by atoms with Crippen LogP contribution in [0.1, 0.15) is 42.5 Å². The molecule has 1 aromatic rings. The quantitative estimate of drug-likeness (QED) is 0.220. The number of hydrogen-bond donors (Lipinski definition) is 0. The molecule has 7 atom stereocenters. The van der Waals surface area contributed by atoms with Gasteiger partial charge in [0.1, 0.15) is 12.2 Å². The molecule has 7 unspecified atom stereocenters. The van der Waals surface area contributed by atoms with Gasteiger partial charge in [-0.1, -0.05) is 6.58 Å². The summed E-state index contributed by atoms with van der Waals surface area (Å²) in [5.41, 5.74) is -1.03. The molecule has 4 aliphatic rings. The normalized spacial score (nSPS) is 35.1. The maximum absolute atomic E-state index is 13.1. The number of carbonyl (C=O) groups is 1. The molecule has 0 aromatic heterocycles. The maximum atomic E-state index is 13.1. The minimum Gasteiger partial charge on any atom is -0.748 e. The molecule has 0 N–H and O–H groups in total. The van der Waals surface area contributed by atoms with Gasteiger partial charge in [0.05, 0.1) is 21.4 Å². The zero-order valence-corrected chi connectivity index (χ0v) is 19.6. The number of hydrogen-bond acceptors (Lipinski definition) is 7. The molecule has 1 aromatic carbocycles. The van der Waals surface area contributed by atoms with Crippen LogP contribution in [0.25, 0.3) is 0 Å². The van der Waals surface area contributed by atoms with E-state index in [1.165, 1.54) is 19.3 Å². The summed E-state index contributed by atoms with van der Waals surface area (Å²) in [4.78, 5) is 12.4. The molecule has 11 heteroatoms. The van der Waals surface area contributed by atoms with Crippen molar-refractivity contribution < 1.29 is 45.1 Å². The van der Waals surface area contributed by atoms with E-state index in [1.807, 2.05) is 0 Å². The molecule has 0 aliphatic heterocycles. The van der Waals surface area contributed by atoms with Gasteiger partial charge in [-0.25, -0.2) is 13.2 Å². The van der Waals surface area contributed by atoms with Crippen LogP contribution >= 0.6 is 0 Å². The van der Waals surface area contributed by atoms with E-state index in [2.05, 4.69) is 11.3 Å². The van der Waals surface area contributed by atoms with Crippen LogP contribution in [0.2, 0.25) is 0 Å². The second-order valence-corrected chi connectivity index (χ2v) is 11.7. The van der Waals surface area contributed by atoms with Gasteiger partial charge in [-0.2, -0.15) is 0 Å². The molecule has 192 valence electrons. The Balaban J connectivity index is 1.41. The van der Waals surface area contributed by atoms with E-state index in [1.54, 1.807) is 6.08 Å². The van der Waals surface area contributed by atoms with E-state index in [4.69, 9.17) is 9.47 Å². The average molecular weight is 516 g/mol. The Labute approximate surface area is 201 Å². The Hall–Kier alpha value is -2.27. The van der Waals surface area contributed by atoms with E-state index < -0.39 is 46.2 Å². The zero-order valence-electron chi connectivity index (χ0n) is 18.8. The first-order valence-electron chi connectivity index (χ1n) is 11.7. The minimum absolute atomic E-state index is 0.127. The number of ether oxygens (including phenoxy) is 3. The maximum Gasteiger partial charge on any atom is 0.573 e. The molecule has 0 saturated heterocycles. The Morgan fingerprint density at radius 3 is 2.51 bits per heavy atom. The molecule has 4 saturated carbocycles. The smallest absolute Gasteiger partial charge is 0.573 e. The molecule has 5 rings (SSSR count). The van der Waals surface area contributed by atoms with Crippen LogP contribution in [0.15, 0.2) is 30.9 Å². The van der Waals surface area contributed by atoms with Crippen LogP contribution in [0, 0.1) is 35.5 Å². The SMILES string of the molecule is C=CC1(Oc2cc(C(=O)OCCS(=O)(=O)[O-])ccc2OC(F)(F)F)CC2CC1C1C3CCC(C3)C21. The van der Waals surface area contributed by atoms with Gasteiger partial charge in [0, 0.05) is 5.92 Å². The number of alkyl halides is 3. The standard InChI is InChI=1S/C24H27F3O7S/c1-2-23(12-16-10-17(23)21-14-4-3-13(9-14)20(16)21)33-19-11-15(5-6-18(19)34-24(25,26)27)22(28)32-7-8-35(29,30)31/h2,5-6,11,13-14,16-17,20-21H,1,3-4,7-10,12H2,(H,29,30,31)/p-1. The van der Waals surface area contributed by atoms with Crippen molar-refractivity contribution in [1.82, 2.24) is 0 Å². The summed E-state index contributed by atoms with van der Waals surface area (Å²) in [5.74, 6) is 0.214. The Bertz CT molecular complexity index is 1130. The van der Waals surface area contributed by atoms with Crippen LogP contribution in [-0.4, -0.2) is 43.3 Å². The van der Waals surface area contributed by atoms with Gasteiger partial charge in [-0.05, 0) is 86.0 Å². The van der Waals surface area contributed by atoms with Crippen molar-refractivity contribution in [2.75, 3.05) is 12.4 Å². The fourth-order valence-corrected chi connectivity index (χ4v) is 7.75. The number of benzene rings is 1. The molecule has 4 fully saturated rings. The topological polar surface area (TPSA) is 102 Å². The highest BCUT2D eigenvalue weighted by Crippen LogP contribution is 2.70. The molecule has 4 aliphatic carbocycles. The third kappa shape index (κ3) is 4.52. The highest BCUT2D eigenvalue weighted by Gasteiger charge is 2.67. The van der Waals surface area contributed by atoms with Gasteiger partial charge in [0.25, 0.3) is 0 Å². The molecule has 7 nitrogen and oxygen atoms in total. The lowest BCUT2D eigenvalue weighted by atomic mass is 9.65. The van der Waals surface area contributed by atoms with Crippen molar-refractivity contribution in [2.24, 2.45) is 35.5 Å². The van der Waals surface area contributed by atoms with Crippen LogP contribution in [-0.2, 0) is 14.9 Å². The number of fused-ring (bicyclic) bond motifs is 9. The third-order valence-electron chi connectivity index (χ3n) is 8.44. The summed E-state index contributed by atoms with van der Waals surface area (Å²) in [6, 6.07) is 3.13. The second-order valence-electron chi connectivity index (χ2n) is 10.2. The molecule has 4 bridgehead atoms. The lowest BCUT2D eigenvalue weighted by molar-refractivity contribution is -0.275. The number of halogens is 3. The van der Waals surface area contributed by atoms with E-state index in [-0.39, 0.29) is 17.2 Å². The van der Waals surface area contributed by atoms with E-state index in [0.29, 0.717) is 30.1 Å². The summed E-state index contributed by atoms with van der Waals surface area (Å²) in [6.07, 6.45) is 1.92. The van der Waals surface area contributed by atoms with Crippen molar-refractivity contribution in [3.8, 4) is 11.5 Å². The van der Waals surface area contributed by atoms with Gasteiger partial charge >= 0.3 is 12.3 Å². The van der Waals surface area contributed by atoms with E-state index >= 15 is 0 Å². The number of rotatable bonds is 8. The molecule has 0 radical (unpaired) electrons. The first-order chi connectivity index (χ1) is 16.4. The van der Waals surface area contributed by atoms with Crippen molar-refractivity contribution in [3.63, 3.8) is 0 Å². The van der Waals surface area contributed by atoms with Gasteiger partial charge in [-0.15, -0.1) is 13.2 Å². The minimum atomic E-state index is -4.98. The van der Waals surface area contributed by atoms with Crippen LogP contribution in [0.3, 0.4) is 0 Å². The lowest BCUT2D eigenvalue weighted by Crippen LogP contribution is -2.47. The molecule has 35 heavy (non-hydrogen) atoms. The average Bonchev–Trinajstić information content (AvgIpc) is 3.52. The first-order valence-corrected chi connectivity index (χ1v) is 13.3. The van der Waals surface area contributed by atoms with Gasteiger partial charge < -0.3 is 18.8 Å². The molecule has 0 spiro atoms. The Morgan fingerprint density at radius 2 is 1.86 bits per heavy atom. The van der Waals surface area contributed by atoms with Crippen molar-refractivity contribution in [2.45, 2.75) is 44.1 Å². The summed E-state index contributed by atoms with van der Waals surface area (Å²) in [7, 11) is -4.59. The predicted molar refractivity (Wildman–Crippen MR) is 116 cm³/mol. The summed E-state index contributed by atoms with van der Waals surface area (Å²) >= 11 is 0. The fraction of sp³-hybridized carbons (Fsp3) is 0.625. The van der Waals surface area contributed by atoms with E-state index in [0.717, 1.165) is 30.5 Å². The van der Waals surface area contributed by atoms with Crippen molar-refractivity contribution in [3.05, 3.63) is 36.4 Å². The van der Waals surface area contributed by atoms with Gasteiger partial charge in [0.2, 0.25) is 0 Å². The monoisotopic (exact) mass is 515 g/mol. The van der Waals surface area contributed by atoms with Crippen LogP contribution in [0.4, 0.5) is 13.2 Å². The Morgan fingerprint density at radius 1 is 1.14 bits per heavy atom. The van der Waals surface area contributed by atoms with E-state index in [9.17, 15) is 30.9 Å². The van der Waals surface area contributed by atoms with Crippen LogP contribution < -0.4 is 9.47 Å². The largest absolute Gasteiger partial charge is 0.748 e. The molecule has 0 amide bonds.